The average molecular weight is 277 g/mol. The molecule has 1 amide bonds. The van der Waals surface area contributed by atoms with Crippen molar-refractivity contribution in [3.63, 3.8) is 0 Å². The summed E-state index contributed by atoms with van der Waals surface area (Å²) in [6.45, 7) is 4.62. The van der Waals surface area contributed by atoms with Crippen molar-refractivity contribution in [3.05, 3.63) is 35.9 Å². The van der Waals surface area contributed by atoms with Crippen LogP contribution in [0.25, 0.3) is 0 Å². The molecule has 0 radical (unpaired) electrons. The van der Waals surface area contributed by atoms with Crippen molar-refractivity contribution in [3.8, 4) is 0 Å². The molecule has 0 aliphatic rings. The van der Waals surface area contributed by atoms with Gasteiger partial charge in [-0.15, -0.1) is 0 Å². The highest BCUT2D eigenvalue weighted by atomic mass is 16.2. The number of benzene rings is 1. The standard InChI is InChI=1S/C16H27N3O/c1-5-12(2)15(17)16(20)18-11-14(19(3)4)13-9-7-6-8-10-13/h6-10,12,14-15H,5,11,17H2,1-4H3,(H,18,20)/t12-,14?,15-/m0/s1. The smallest absolute Gasteiger partial charge is 0.237 e. The van der Waals surface area contributed by atoms with Crippen LogP contribution in [0.5, 0.6) is 0 Å². The lowest BCUT2D eigenvalue weighted by atomic mass is 9.99. The molecule has 0 aliphatic heterocycles. The van der Waals surface area contributed by atoms with E-state index in [-0.39, 0.29) is 17.9 Å². The van der Waals surface area contributed by atoms with Gasteiger partial charge >= 0.3 is 0 Å². The zero-order valence-electron chi connectivity index (χ0n) is 13.0. The van der Waals surface area contributed by atoms with E-state index in [1.807, 2.05) is 46.1 Å². The summed E-state index contributed by atoms with van der Waals surface area (Å²) in [5.41, 5.74) is 7.14. The molecular weight excluding hydrogens is 250 g/mol. The van der Waals surface area contributed by atoms with Crippen LogP contribution in [0.1, 0.15) is 31.9 Å². The van der Waals surface area contributed by atoms with Crippen LogP contribution in [0, 0.1) is 5.92 Å². The molecule has 1 aromatic rings. The van der Waals surface area contributed by atoms with E-state index in [1.165, 1.54) is 5.56 Å². The Bertz CT molecular complexity index is 405. The molecule has 0 aromatic heterocycles. The molecule has 20 heavy (non-hydrogen) atoms. The molecule has 0 saturated heterocycles. The van der Waals surface area contributed by atoms with E-state index in [9.17, 15) is 4.79 Å². The van der Waals surface area contributed by atoms with Gasteiger partial charge in [0.1, 0.15) is 0 Å². The highest BCUT2D eigenvalue weighted by molar-refractivity contribution is 5.81. The molecule has 0 fully saturated rings. The fourth-order valence-corrected chi connectivity index (χ4v) is 2.10. The molecule has 4 nitrogen and oxygen atoms in total. The van der Waals surface area contributed by atoms with E-state index in [1.54, 1.807) is 0 Å². The van der Waals surface area contributed by atoms with Gasteiger partial charge in [-0.2, -0.15) is 0 Å². The SMILES string of the molecule is CC[C@H](C)[C@H](N)C(=O)NCC(c1ccccc1)N(C)C. The second-order valence-corrected chi connectivity index (χ2v) is 5.55. The summed E-state index contributed by atoms with van der Waals surface area (Å²) in [6.07, 6.45) is 0.907. The first-order valence-electron chi connectivity index (χ1n) is 7.22. The molecule has 0 saturated carbocycles. The maximum Gasteiger partial charge on any atom is 0.237 e. The molecule has 1 aromatic carbocycles. The van der Waals surface area contributed by atoms with Crippen molar-refractivity contribution in [2.75, 3.05) is 20.6 Å². The molecule has 4 heteroatoms. The van der Waals surface area contributed by atoms with Crippen LogP contribution in [-0.4, -0.2) is 37.5 Å². The Morgan fingerprint density at radius 3 is 2.40 bits per heavy atom. The third-order valence-electron chi connectivity index (χ3n) is 3.84. The Kier molecular flexibility index (Phi) is 6.68. The molecule has 0 heterocycles. The first-order chi connectivity index (χ1) is 9.47. The minimum absolute atomic E-state index is 0.0675. The summed E-state index contributed by atoms with van der Waals surface area (Å²) in [6, 6.07) is 9.89. The second-order valence-electron chi connectivity index (χ2n) is 5.55. The Morgan fingerprint density at radius 2 is 1.90 bits per heavy atom. The molecule has 112 valence electrons. The van der Waals surface area contributed by atoms with E-state index >= 15 is 0 Å². The first kappa shape index (κ1) is 16.7. The van der Waals surface area contributed by atoms with Crippen LogP contribution in [0.15, 0.2) is 30.3 Å². The summed E-state index contributed by atoms with van der Waals surface area (Å²) in [5, 5.41) is 2.97. The van der Waals surface area contributed by atoms with Gasteiger partial charge in [0.25, 0.3) is 0 Å². The van der Waals surface area contributed by atoms with Crippen LogP contribution in [0.3, 0.4) is 0 Å². The number of hydrogen-bond donors (Lipinski definition) is 2. The van der Waals surface area contributed by atoms with Gasteiger partial charge in [-0.05, 0) is 25.6 Å². The minimum atomic E-state index is -0.432. The molecule has 0 bridgehead atoms. The van der Waals surface area contributed by atoms with Crippen molar-refractivity contribution in [1.82, 2.24) is 10.2 Å². The molecule has 1 rings (SSSR count). The molecule has 0 spiro atoms. The third-order valence-corrected chi connectivity index (χ3v) is 3.84. The maximum atomic E-state index is 12.0. The lowest BCUT2D eigenvalue weighted by Crippen LogP contribution is -2.46. The average Bonchev–Trinajstić information content (AvgIpc) is 2.46. The topological polar surface area (TPSA) is 58.4 Å². The first-order valence-corrected chi connectivity index (χ1v) is 7.22. The molecular formula is C16H27N3O. The summed E-state index contributed by atoms with van der Waals surface area (Å²) in [5.74, 6) is 0.131. The quantitative estimate of drug-likeness (QED) is 0.798. The lowest BCUT2D eigenvalue weighted by Gasteiger charge is -2.26. The Balaban J connectivity index is 2.63. The Morgan fingerprint density at radius 1 is 1.30 bits per heavy atom. The molecule has 3 atom stereocenters. The van der Waals surface area contributed by atoms with Crippen molar-refractivity contribution < 1.29 is 4.79 Å². The number of amides is 1. The maximum absolute atomic E-state index is 12.0. The van der Waals surface area contributed by atoms with E-state index in [0.29, 0.717) is 6.54 Å². The van der Waals surface area contributed by atoms with Gasteiger partial charge in [0, 0.05) is 6.54 Å². The molecule has 1 unspecified atom stereocenters. The number of nitrogens with zero attached hydrogens (tertiary/aromatic N) is 1. The van der Waals surface area contributed by atoms with Gasteiger partial charge < -0.3 is 16.0 Å². The number of hydrogen-bond acceptors (Lipinski definition) is 3. The molecule has 0 aliphatic carbocycles. The number of rotatable bonds is 7. The van der Waals surface area contributed by atoms with Gasteiger partial charge in [-0.1, -0.05) is 50.6 Å². The van der Waals surface area contributed by atoms with Gasteiger partial charge in [-0.3, -0.25) is 4.79 Å². The predicted octanol–water partition coefficient (Wildman–Crippen LogP) is 1.78. The van der Waals surface area contributed by atoms with Crippen LogP contribution < -0.4 is 11.1 Å². The van der Waals surface area contributed by atoms with E-state index < -0.39 is 6.04 Å². The number of nitrogens with two attached hydrogens (primary N) is 1. The fraction of sp³-hybridized carbons (Fsp3) is 0.562. The van der Waals surface area contributed by atoms with Gasteiger partial charge in [0.2, 0.25) is 5.91 Å². The second kappa shape index (κ2) is 8.02. The van der Waals surface area contributed by atoms with Crippen molar-refractivity contribution in [2.45, 2.75) is 32.4 Å². The highest BCUT2D eigenvalue weighted by Gasteiger charge is 2.21. The summed E-state index contributed by atoms with van der Waals surface area (Å²) < 4.78 is 0. The predicted molar refractivity (Wildman–Crippen MR) is 83.3 cm³/mol. The van der Waals surface area contributed by atoms with Gasteiger partial charge in [0.15, 0.2) is 0 Å². The van der Waals surface area contributed by atoms with Crippen molar-refractivity contribution in [1.29, 1.82) is 0 Å². The van der Waals surface area contributed by atoms with Crippen molar-refractivity contribution in [2.24, 2.45) is 11.7 Å². The number of carbonyl (C=O) groups excluding carboxylic acids is 1. The Labute approximate surface area is 122 Å². The van der Waals surface area contributed by atoms with Gasteiger partial charge in [0.05, 0.1) is 12.1 Å². The zero-order chi connectivity index (χ0) is 15.1. The van der Waals surface area contributed by atoms with Crippen LogP contribution >= 0.6 is 0 Å². The largest absolute Gasteiger partial charge is 0.353 e. The van der Waals surface area contributed by atoms with E-state index in [4.69, 9.17) is 5.73 Å². The Hall–Kier alpha value is -1.39. The minimum Gasteiger partial charge on any atom is -0.353 e. The third kappa shape index (κ3) is 4.62. The van der Waals surface area contributed by atoms with E-state index in [2.05, 4.69) is 22.3 Å². The van der Waals surface area contributed by atoms with Crippen molar-refractivity contribution >= 4 is 5.91 Å². The highest BCUT2D eigenvalue weighted by Crippen LogP contribution is 2.16. The molecule has 3 N–H and O–H groups in total. The zero-order valence-corrected chi connectivity index (χ0v) is 13.0. The summed E-state index contributed by atoms with van der Waals surface area (Å²) >= 11 is 0. The fourth-order valence-electron chi connectivity index (χ4n) is 2.10. The monoisotopic (exact) mass is 277 g/mol. The van der Waals surface area contributed by atoms with Crippen LogP contribution in [-0.2, 0) is 4.79 Å². The number of likely N-dealkylation sites (N-methyl/N-ethyl adjacent to an activating group) is 1. The normalized spacial score (nSPS) is 15.7. The number of carbonyl (C=O) groups is 1. The van der Waals surface area contributed by atoms with Crippen LogP contribution in [0.2, 0.25) is 0 Å². The lowest BCUT2D eigenvalue weighted by molar-refractivity contribution is -0.123. The number of nitrogens with one attached hydrogen (secondary N) is 1. The summed E-state index contributed by atoms with van der Waals surface area (Å²) in [4.78, 5) is 14.1. The van der Waals surface area contributed by atoms with E-state index in [0.717, 1.165) is 6.42 Å². The van der Waals surface area contributed by atoms with Gasteiger partial charge in [-0.25, -0.2) is 0 Å². The van der Waals surface area contributed by atoms with Crippen LogP contribution in [0.4, 0.5) is 0 Å². The summed E-state index contributed by atoms with van der Waals surface area (Å²) in [7, 11) is 4.02.